The van der Waals surface area contributed by atoms with Gasteiger partial charge in [-0.15, -0.1) is 0 Å². The molecule has 12 unspecified atom stereocenters. The highest BCUT2D eigenvalue weighted by molar-refractivity contribution is 5.93. The van der Waals surface area contributed by atoms with Gasteiger partial charge in [0.05, 0.1) is 18.3 Å². The number of nitrogens with two attached hydrogens (primary N) is 1. The van der Waals surface area contributed by atoms with Crippen LogP contribution in [-0.2, 0) is 33.3 Å². The van der Waals surface area contributed by atoms with Crippen molar-refractivity contribution >= 4 is 17.8 Å². The van der Waals surface area contributed by atoms with Crippen LogP contribution < -0.4 is 5.73 Å². The van der Waals surface area contributed by atoms with Crippen LogP contribution in [0.25, 0.3) is 0 Å². The molecule has 1 fully saturated rings. The maximum Gasteiger partial charge on any atom is 0.334 e. The number of esters is 2. The Morgan fingerprint density at radius 1 is 1.16 bits per heavy atom. The number of aliphatic hydroxyl groups excluding tert-OH is 2. The zero-order chi connectivity index (χ0) is 37.2. The fraction of sp³-hybridized carbons (Fsp3) is 0.658. The molecule has 0 aliphatic carbocycles. The lowest BCUT2D eigenvalue weighted by molar-refractivity contribution is -0.323. The summed E-state index contributed by atoms with van der Waals surface area (Å²) in [4.78, 5) is 37.1. The number of ether oxygens (including phenoxy) is 4. The molecule has 0 bridgehead atoms. The van der Waals surface area contributed by atoms with E-state index >= 15 is 0 Å². The third-order valence-electron chi connectivity index (χ3n) is 9.93. The minimum absolute atomic E-state index is 0.00731. The third-order valence-corrected chi connectivity index (χ3v) is 9.93. The Morgan fingerprint density at radius 3 is 2.41 bits per heavy atom. The summed E-state index contributed by atoms with van der Waals surface area (Å²) >= 11 is 0. The second-order valence-electron chi connectivity index (χ2n) is 14.1. The van der Waals surface area contributed by atoms with Crippen molar-refractivity contribution in [2.75, 3.05) is 7.11 Å². The number of allylic oxidation sites excluding steroid dienone is 5. The van der Waals surface area contributed by atoms with Crippen LogP contribution in [0.15, 0.2) is 59.3 Å². The first-order valence-electron chi connectivity index (χ1n) is 17.2. The molecule has 5 N–H and O–H groups in total. The first kappa shape index (κ1) is 42.1. The maximum absolute atomic E-state index is 13.5. The van der Waals surface area contributed by atoms with Gasteiger partial charge in [-0.2, -0.15) is 0 Å². The Hall–Kier alpha value is -3.09. The summed E-state index contributed by atoms with van der Waals surface area (Å²) in [6, 6.07) is 0. The first-order chi connectivity index (χ1) is 22.8. The Balaban J connectivity index is 2.48. The average Bonchev–Trinajstić information content (AvgIpc) is 3.04. The molecular weight excluding hydrogens is 630 g/mol. The van der Waals surface area contributed by atoms with E-state index in [0.717, 1.165) is 23.3 Å². The number of hydrogen-bond donors (Lipinski definition) is 4. The summed E-state index contributed by atoms with van der Waals surface area (Å²) in [5.41, 5.74) is 7.27. The van der Waals surface area contributed by atoms with Crippen molar-refractivity contribution in [3.63, 3.8) is 0 Å². The number of carbonyl (C=O) groups excluding carboxylic acids is 3. The van der Waals surface area contributed by atoms with Gasteiger partial charge in [0, 0.05) is 54.9 Å². The number of primary amides is 1. The van der Waals surface area contributed by atoms with Gasteiger partial charge in [-0.3, -0.25) is 4.79 Å². The molecule has 0 aromatic rings. The molecule has 0 radical (unpaired) electrons. The molecule has 2 aliphatic heterocycles. The molecule has 0 spiro atoms. The Labute approximate surface area is 291 Å². The van der Waals surface area contributed by atoms with E-state index in [1.807, 2.05) is 59.8 Å². The standard InChI is InChI=1S/C38H59NO10/c1-11-29-26(7)31(47-33(41)16-15-32(39)40)20-38(45,49-29)28(9)35(43)27(8)36-30(46-10)14-12-13-21(2)17-23(4)34(42)24(5)18-22(3)19-25(6)37(44)48-36/h12-16,18-19,23-24,26-31,34-36,42-43,45H,11,17,20H2,1-10H3,(H2,39,40)/b14-12+,16-15+,21-13-,22-18+,25-19+. The molecule has 0 aromatic heterocycles. The summed E-state index contributed by atoms with van der Waals surface area (Å²) in [5, 5.41) is 34.7. The molecule has 276 valence electrons. The van der Waals surface area contributed by atoms with Crippen LogP contribution in [0.5, 0.6) is 0 Å². The van der Waals surface area contributed by atoms with Crippen molar-refractivity contribution in [3.05, 3.63) is 59.3 Å². The molecule has 0 aromatic carbocycles. The van der Waals surface area contributed by atoms with Gasteiger partial charge in [0.2, 0.25) is 5.91 Å². The summed E-state index contributed by atoms with van der Waals surface area (Å²) in [5.74, 6) is -6.28. The smallest absolute Gasteiger partial charge is 0.334 e. The maximum atomic E-state index is 13.5. The van der Waals surface area contributed by atoms with E-state index in [4.69, 9.17) is 24.7 Å². The quantitative estimate of drug-likeness (QED) is 0.200. The van der Waals surface area contributed by atoms with Gasteiger partial charge in [-0.1, -0.05) is 77.0 Å². The fourth-order valence-corrected chi connectivity index (χ4v) is 6.80. The van der Waals surface area contributed by atoms with Gasteiger partial charge in [0.1, 0.15) is 18.3 Å². The van der Waals surface area contributed by atoms with Gasteiger partial charge < -0.3 is 40.0 Å². The highest BCUT2D eigenvalue weighted by Crippen LogP contribution is 2.41. The van der Waals surface area contributed by atoms with E-state index in [9.17, 15) is 29.7 Å². The Bertz CT molecular complexity index is 1300. The minimum atomic E-state index is -1.92. The van der Waals surface area contributed by atoms with Crippen molar-refractivity contribution in [1.29, 1.82) is 0 Å². The molecule has 2 aliphatic rings. The van der Waals surface area contributed by atoms with Crippen LogP contribution in [-0.4, -0.2) is 82.7 Å². The summed E-state index contributed by atoms with van der Waals surface area (Å²) in [7, 11) is 1.49. The van der Waals surface area contributed by atoms with E-state index in [1.54, 1.807) is 32.9 Å². The van der Waals surface area contributed by atoms with E-state index in [0.29, 0.717) is 18.4 Å². The zero-order valence-corrected chi connectivity index (χ0v) is 30.8. The molecule has 2 heterocycles. The van der Waals surface area contributed by atoms with Crippen LogP contribution in [0, 0.1) is 29.6 Å². The van der Waals surface area contributed by atoms with Gasteiger partial charge in [0.25, 0.3) is 0 Å². The highest BCUT2D eigenvalue weighted by atomic mass is 16.6. The number of amides is 1. The van der Waals surface area contributed by atoms with Gasteiger partial charge in [-0.05, 0) is 45.6 Å². The first-order valence-corrected chi connectivity index (χ1v) is 17.2. The molecule has 11 nitrogen and oxygen atoms in total. The van der Waals surface area contributed by atoms with E-state index in [-0.39, 0.29) is 24.2 Å². The van der Waals surface area contributed by atoms with Crippen molar-refractivity contribution in [2.45, 2.75) is 124 Å². The van der Waals surface area contributed by atoms with Crippen molar-refractivity contribution < 1.29 is 48.7 Å². The van der Waals surface area contributed by atoms with Gasteiger partial charge in [0.15, 0.2) is 5.79 Å². The van der Waals surface area contributed by atoms with E-state index < -0.39 is 72.1 Å². The van der Waals surface area contributed by atoms with Gasteiger partial charge in [-0.25, -0.2) is 9.59 Å². The molecule has 2 rings (SSSR count). The number of aliphatic hydroxyl groups is 3. The minimum Gasteiger partial charge on any atom is -0.459 e. The molecule has 49 heavy (non-hydrogen) atoms. The third kappa shape index (κ3) is 11.7. The summed E-state index contributed by atoms with van der Waals surface area (Å²) in [6.07, 6.45) is 7.06. The molecule has 12 atom stereocenters. The second kappa shape index (κ2) is 18.8. The van der Waals surface area contributed by atoms with Crippen LogP contribution >= 0.6 is 0 Å². The topological polar surface area (TPSA) is 175 Å². The highest BCUT2D eigenvalue weighted by Gasteiger charge is 2.52. The van der Waals surface area contributed by atoms with E-state index in [1.165, 1.54) is 7.11 Å². The number of hydrogen-bond acceptors (Lipinski definition) is 10. The Morgan fingerprint density at radius 2 is 1.82 bits per heavy atom. The summed E-state index contributed by atoms with van der Waals surface area (Å²) < 4.78 is 23.7. The normalized spacial score (nSPS) is 38.1. The second-order valence-corrected chi connectivity index (χ2v) is 14.1. The fourth-order valence-electron chi connectivity index (χ4n) is 6.80. The lowest BCUT2D eigenvalue weighted by atomic mass is 9.77. The number of cyclic esters (lactones) is 1. The number of rotatable bonds is 9. The Kier molecular flexibility index (Phi) is 16.1. The SMILES string of the molecule is CCC1OC(O)(C(C)C(O)C(C)C2OC(=O)/C(C)=C/C(C)=C/C(C)C(O)C(C)C/C(C)=C\C=C\C2OC)CC(OC(=O)/C=C/C(N)=O)C1C. The van der Waals surface area contributed by atoms with Crippen LogP contribution in [0.1, 0.15) is 81.6 Å². The zero-order valence-electron chi connectivity index (χ0n) is 30.8. The van der Waals surface area contributed by atoms with Crippen molar-refractivity contribution in [1.82, 2.24) is 0 Å². The lowest BCUT2D eigenvalue weighted by Gasteiger charge is -2.49. The predicted octanol–water partition coefficient (Wildman–Crippen LogP) is 4.46. The lowest BCUT2D eigenvalue weighted by Crippen LogP contribution is -2.58. The molecule has 0 saturated carbocycles. The molecule has 11 heteroatoms. The van der Waals surface area contributed by atoms with Crippen LogP contribution in [0.3, 0.4) is 0 Å². The van der Waals surface area contributed by atoms with Crippen molar-refractivity contribution in [3.8, 4) is 0 Å². The van der Waals surface area contributed by atoms with Crippen LogP contribution in [0.4, 0.5) is 0 Å². The molecular formula is C38H59NO10. The average molecular weight is 690 g/mol. The number of methoxy groups -OCH3 is 1. The predicted molar refractivity (Wildman–Crippen MR) is 186 cm³/mol. The van der Waals surface area contributed by atoms with E-state index in [2.05, 4.69) is 0 Å². The molecule has 1 amide bonds. The largest absolute Gasteiger partial charge is 0.459 e. The molecule has 1 saturated heterocycles. The number of carbonyl (C=O) groups is 3. The van der Waals surface area contributed by atoms with Gasteiger partial charge >= 0.3 is 11.9 Å². The van der Waals surface area contributed by atoms with Crippen LogP contribution in [0.2, 0.25) is 0 Å². The monoisotopic (exact) mass is 689 g/mol. The summed E-state index contributed by atoms with van der Waals surface area (Å²) in [6.45, 7) is 16.5. The van der Waals surface area contributed by atoms with Crippen molar-refractivity contribution in [2.24, 2.45) is 35.3 Å².